The first kappa shape index (κ1) is 56.2. The number of carbonyl (C=O) groups is 2. The first-order valence-corrected chi connectivity index (χ1v) is 24.6. The standard InChI is InChI=1S/C49H84NO8P/c1-3-5-7-9-11-13-15-17-19-20-21-22-23-24-25-26-28-30-32-34-36-38-40-42-49(52)58-47(46-57-59(53,54)56-44-43-50)45-55-48(51)41-39-37-35-33-31-29-27-18-16-14-12-10-8-6-4-2/h5-8,11-14,17-19,21-22,27,47H,3-4,9-10,15-16,20,23-26,28-46,50H2,1-2H3,(H,53,54)/b7-5-,8-6-,13-11-,14-12-,19-17-,22-21-,27-18-. The average molecular weight is 846 g/mol. The van der Waals surface area contributed by atoms with Crippen LogP contribution in [0.5, 0.6) is 0 Å². The molecule has 2 unspecified atom stereocenters. The van der Waals surface area contributed by atoms with E-state index in [-0.39, 0.29) is 32.6 Å². The molecule has 0 radical (unpaired) electrons. The predicted molar refractivity (Wildman–Crippen MR) is 247 cm³/mol. The van der Waals surface area contributed by atoms with Gasteiger partial charge in [-0.3, -0.25) is 18.6 Å². The van der Waals surface area contributed by atoms with Gasteiger partial charge in [0.1, 0.15) is 6.61 Å². The molecule has 3 N–H and O–H groups in total. The number of esters is 2. The van der Waals surface area contributed by atoms with E-state index in [1.54, 1.807) is 0 Å². The van der Waals surface area contributed by atoms with E-state index in [4.69, 9.17) is 24.3 Å². The van der Waals surface area contributed by atoms with Gasteiger partial charge in [-0.15, -0.1) is 0 Å². The van der Waals surface area contributed by atoms with Gasteiger partial charge >= 0.3 is 19.8 Å². The highest BCUT2D eigenvalue weighted by Crippen LogP contribution is 2.43. The van der Waals surface area contributed by atoms with Crippen molar-refractivity contribution in [1.82, 2.24) is 0 Å². The quantitative estimate of drug-likeness (QED) is 0.0266. The van der Waals surface area contributed by atoms with Crippen LogP contribution in [0.4, 0.5) is 0 Å². The molecule has 0 aromatic rings. The summed E-state index contributed by atoms with van der Waals surface area (Å²) < 4.78 is 32.8. The number of phosphoric acid groups is 1. The van der Waals surface area contributed by atoms with Crippen molar-refractivity contribution in [2.24, 2.45) is 5.73 Å². The van der Waals surface area contributed by atoms with Crippen LogP contribution < -0.4 is 5.73 Å². The van der Waals surface area contributed by atoms with Crippen LogP contribution in [0, 0.1) is 0 Å². The second kappa shape index (κ2) is 44.7. The highest BCUT2D eigenvalue weighted by atomic mass is 31.2. The molecule has 0 aromatic heterocycles. The first-order valence-electron chi connectivity index (χ1n) is 23.1. The van der Waals surface area contributed by atoms with E-state index >= 15 is 0 Å². The van der Waals surface area contributed by atoms with Gasteiger partial charge in [0.05, 0.1) is 13.2 Å². The summed E-state index contributed by atoms with van der Waals surface area (Å²) in [7, 11) is -4.39. The predicted octanol–water partition coefficient (Wildman–Crippen LogP) is 13.6. The Kier molecular flexibility index (Phi) is 42.6. The molecule has 0 amide bonds. The molecule has 0 saturated heterocycles. The molecule has 59 heavy (non-hydrogen) atoms. The Morgan fingerprint density at radius 3 is 1.31 bits per heavy atom. The second-order valence-electron chi connectivity index (χ2n) is 14.9. The van der Waals surface area contributed by atoms with Crippen LogP contribution in [0.2, 0.25) is 0 Å². The van der Waals surface area contributed by atoms with Crippen molar-refractivity contribution in [3.8, 4) is 0 Å². The van der Waals surface area contributed by atoms with Gasteiger partial charge in [0.2, 0.25) is 0 Å². The van der Waals surface area contributed by atoms with Gasteiger partial charge in [-0.25, -0.2) is 4.57 Å². The summed E-state index contributed by atoms with van der Waals surface area (Å²) in [5.74, 6) is -0.859. The van der Waals surface area contributed by atoms with Crippen molar-refractivity contribution in [3.05, 3.63) is 85.1 Å². The molecule has 0 spiro atoms. The van der Waals surface area contributed by atoms with Crippen molar-refractivity contribution in [2.75, 3.05) is 26.4 Å². The zero-order valence-electron chi connectivity index (χ0n) is 37.2. The number of ether oxygens (including phenoxy) is 2. The van der Waals surface area contributed by atoms with Crippen LogP contribution in [0.25, 0.3) is 0 Å². The summed E-state index contributed by atoms with van der Waals surface area (Å²) in [6.45, 7) is 3.47. The number of rotatable bonds is 42. The maximum atomic E-state index is 12.6. The summed E-state index contributed by atoms with van der Waals surface area (Å²) in [6.07, 6.45) is 56.1. The summed E-state index contributed by atoms with van der Waals surface area (Å²) >= 11 is 0. The van der Waals surface area contributed by atoms with Gasteiger partial charge in [-0.05, 0) is 83.5 Å². The zero-order valence-corrected chi connectivity index (χ0v) is 38.1. The van der Waals surface area contributed by atoms with E-state index in [9.17, 15) is 19.0 Å². The molecule has 10 heteroatoms. The number of phosphoric ester groups is 1. The molecule has 0 rings (SSSR count). The molecule has 9 nitrogen and oxygen atoms in total. The Morgan fingerprint density at radius 2 is 0.881 bits per heavy atom. The minimum atomic E-state index is -4.39. The number of carbonyl (C=O) groups excluding carboxylic acids is 2. The number of allylic oxidation sites excluding steroid dienone is 14. The van der Waals surface area contributed by atoms with Gasteiger partial charge in [0, 0.05) is 19.4 Å². The first-order chi connectivity index (χ1) is 28.8. The maximum Gasteiger partial charge on any atom is 0.472 e. The Hall–Kier alpha value is -2.81. The maximum absolute atomic E-state index is 12.6. The van der Waals surface area contributed by atoms with E-state index in [0.29, 0.717) is 12.8 Å². The molecule has 0 aliphatic carbocycles. The molecule has 2 atom stereocenters. The topological polar surface area (TPSA) is 134 Å². The molecule has 0 heterocycles. The van der Waals surface area contributed by atoms with Crippen molar-refractivity contribution < 1.29 is 37.6 Å². The van der Waals surface area contributed by atoms with Crippen LogP contribution in [0.1, 0.15) is 181 Å². The van der Waals surface area contributed by atoms with Crippen molar-refractivity contribution in [1.29, 1.82) is 0 Å². The Labute approximate surface area is 360 Å². The molecular weight excluding hydrogens is 762 g/mol. The van der Waals surface area contributed by atoms with Gasteiger partial charge in [0.15, 0.2) is 6.10 Å². The molecule has 0 aliphatic heterocycles. The lowest BCUT2D eigenvalue weighted by Crippen LogP contribution is -2.29. The van der Waals surface area contributed by atoms with Gasteiger partial charge in [-0.1, -0.05) is 170 Å². The minimum Gasteiger partial charge on any atom is -0.462 e. The number of nitrogens with two attached hydrogens (primary N) is 1. The lowest BCUT2D eigenvalue weighted by molar-refractivity contribution is -0.161. The zero-order chi connectivity index (χ0) is 43.2. The third-order valence-corrected chi connectivity index (χ3v) is 10.3. The lowest BCUT2D eigenvalue weighted by Gasteiger charge is -2.19. The number of unbranched alkanes of at least 4 members (excludes halogenated alkanes) is 15. The third-order valence-electron chi connectivity index (χ3n) is 9.28. The van der Waals surface area contributed by atoms with Crippen LogP contribution in [0.15, 0.2) is 85.1 Å². The second-order valence-corrected chi connectivity index (χ2v) is 16.3. The van der Waals surface area contributed by atoms with E-state index < -0.39 is 32.5 Å². The summed E-state index contributed by atoms with van der Waals surface area (Å²) in [5, 5.41) is 0. The third kappa shape index (κ3) is 44.6. The Morgan fingerprint density at radius 1 is 0.508 bits per heavy atom. The minimum absolute atomic E-state index is 0.0458. The summed E-state index contributed by atoms with van der Waals surface area (Å²) in [4.78, 5) is 34.9. The Balaban J connectivity index is 4.13. The van der Waals surface area contributed by atoms with Crippen LogP contribution >= 0.6 is 7.82 Å². The summed E-state index contributed by atoms with van der Waals surface area (Å²) in [5.41, 5.74) is 5.35. The van der Waals surface area contributed by atoms with Gasteiger partial charge in [-0.2, -0.15) is 0 Å². The van der Waals surface area contributed by atoms with Crippen molar-refractivity contribution in [3.63, 3.8) is 0 Å². The van der Waals surface area contributed by atoms with Crippen molar-refractivity contribution >= 4 is 19.8 Å². The fourth-order valence-electron chi connectivity index (χ4n) is 5.93. The van der Waals surface area contributed by atoms with Crippen LogP contribution in [0.3, 0.4) is 0 Å². The molecule has 0 saturated carbocycles. The molecule has 0 bridgehead atoms. The molecule has 0 aliphatic rings. The number of hydrogen-bond donors (Lipinski definition) is 2. The SMILES string of the molecule is CC/C=C\C/C=C\C/C=C\C/C=C\CCCCCCCCCCCCC(=O)OC(COC(=O)CCCCCCC/C=C\C/C=C\C/C=C\CC)COP(=O)(O)OCCN. The number of hydrogen-bond acceptors (Lipinski definition) is 8. The van der Waals surface area contributed by atoms with Gasteiger partial charge in [0.25, 0.3) is 0 Å². The van der Waals surface area contributed by atoms with Crippen LogP contribution in [-0.4, -0.2) is 49.3 Å². The van der Waals surface area contributed by atoms with E-state index in [1.807, 2.05) is 0 Å². The Bertz CT molecular complexity index is 1240. The van der Waals surface area contributed by atoms with Gasteiger partial charge < -0.3 is 20.1 Å². The fraction of sp³-hybridized carbons (Fsp3) is 0.673. The highest BCUT2D eigenvalue weighted by Gasteiger charge is 2.26. The van der Waals surface area contributed by atoms with Crippen molar-refractivity contribution in [2.45, 2.75) is 187 Å². The summed E-state index contributed by atoms with van der Waals surface area (Å²) in [6, 6.07) is 0. The monoisotopic (exact) mass is 846 g/mol. The normalized spacial score (nSPS) is 14.0. The fourth-order valence-corrected chi connectivity index (χ4v) is 6.70. The van der Waals surface area contributed by atoms with E-state index in [0.717, 1.165) is 103 Å². The smallest absolute Gasteiger partial charge is 0.462 e. The average Bonchev–Trinajstić information content (AvgIpc) is 3.22. The largest absolute Gasteiger partial charge is 0.472 e. The van der Waals surface area contributed by atoms with E-state index in [1.165, 1.54) is 38.5 Å². The molecule has 0 aromatic carbocycles. The lowest BCUT2D eigenvalue weighted by atomic mass is 10.0. The van der Waals surface area contributed by atoms with Crippen LogP contribution in [-0.2, 0) is 32.7 Å². The molecule has 0 fully saturated rings. The highest BCUT2D eigenvalue weighted by molar-refractivity contribution is 7.47. The van der Waals surface area contributed by atoms with E-state index in [2.05, 4.69) is 98.9 Å². The molecular formula is C49H84NO8P. The molecule has 338 valence electrons.